The predicted molar refractivity (Wildman–Crippen MR) is 149 cm³/mol. The molecule has 0 heterocycles. The molecule has 58 heteroatoms. The van der Waals surface area contributed by atoms with Crippen LogP contribution in [-0.4, -0.2) is 7.07 Å². The summed E-state index contributed by atoms with van der Waals surface area (Å²) < 4.78 is 0. The van der Waals surface area contributed by atoms with Crippen molar-refractivity contribution < 1.29 is 0 Å². The van der Waals surface area contributed by atoms with Gasteiger partial charge in [-0.1, -0.05) is 5.22 Å². The summed E-state index contributed by atoms with van der Waals surface area (Å²) in [5.74, 6) is 6.19. The molecule has 0 unspecified atom stereocenters. The fourth-order valence-electron chi connectivity index (χ4n) is 1.01. The SMILES string of the molecule is N#CB=N/N=N/N=N/N=N/N=N/N=N/N=N/N=N/N=N/N=N/N=N/N=N/N=N/N=N/N=N/N=N/N=N/N=N/N=N/N=N/N=N/N=N/N=N/N=N/N=N/N=N/N=N/N=N/N. The van der Waals surface area contributed by atoms with Gasteiger partial charge in [0, 0.05) is 183 Å². The van der Waals surface area contributed by atoms with E-state index in [2.05, 4.69) is 293 Å². The van der Waals surface area contributed by atoms with Crippen LogP contribution in [-0.2, 0) is 0 Å². The maximum absolute atomic E-state index is 8.12. The van der Waals surface area contributed by atoms with Crippen molar-refractivity contribution in [3.05, 3.63) is 0 Å². The van der Waals surface area contributed by atoms with Crippen LogP contribution in [0.1, 0.15) is 0 Å². The van der Waals surface area contributed by atoms with Gasteiger partial charge in [-0.3, -0.25) is 0 Å². The van der Waals surface area contributed by atoms with Crippen molar-refractivity contribution in [1.29, 1.82) is 5.26 Å². The molecular weight excluding hydrogens is 821 g/mol. The van der Waals surface area contributed by atoms with Crippen LogP contribution in [0, 0.1) is 11.2 Å². The predicted octanol–water partition coefficient (Wildman–Crippen LogP) is 9.14. The average molecular weight is 823 g/mol. The van der Waals surface area contributed by atoms with Crippen LogP contribution in [0.15, 0.2) is 287 Å². The minimum atomic E-state index is 0.803. The van der Waals surface area contributed by atoms with Crippen LogP contribution in [0.4, 0.5) is 0 Å². The second kappa shape index (κ2) is 46.4. The standard InChI is InChI=1S/CH2BN57/c3-1-2-5-7-9-11-13-15-17-19-21-23-25-27-29-31-33-35-37-39-41-43-45-47-49-51-53-55-57-59-58-56-54-52-50-48-46-44-42-40-38-36-34-32-30-28-26-24-22-20-18-16-14-12-10-8-6-4/h(H2,4,7,8,11,12,15,16,19,20,23,24,27,28,31,32,35,36,39,40,43,44,47,48,51,52,55,56,59). The molecule has 57 nitrogen and oxygen atoms in total. The Balaban J connectivity index is 4.07. The van der Waals surface area contributed by atoms with E-state index >= 15 is 0 Å². The molecule has 0 aromatic heterocycles. The third kappa shape index (κ3) is 46.4. The van der Waals surface area contributed by atoms with Crippen molar-refractivity contribution in [2.45, 2.75) is 0 Å². The van der Waals surface area contributed by atoms with Gasteiger partial charge >= 0.3 is 80.8 Å². The van der Waals surface area contributed by atoms with Crippen molar-refractivity contribution >= 4 is 7.07 Å². The van der Waals surface area contributed by atoms with Gasteiger partial charge in [-0.2, -0.15) is 0 Å². The molecule has 294 valence electrons. The van der Waals surface area contributed by atoms with Crippen molar-refractivity contribution in [3.8, 4) is 5.97 Å². The molecule has 0 aromatic carbocycles. The van der Waals surface area contributed by atoms with E-state index in [1.54, 1.807) is 5.97 Å². The maximum atomic E-state index is 8.12. The zero-order valence-electron chi connectivity index (χ0n) is 26.7. The van der Waals surface area contributed by atoms with Gasteiger partial charge in [0.1, 0.15) is 0 Å². The van der Waals surface area contributed by atoms with Crippen LogP contribution in [0.3, 0.4) is 0 Å². The van der Waals surface area contributed by atoms with Gasteiger partial charge in [-0.25, -0.2) is 0 Å². The summed E-state index contributed by atoms with van der Waals surface area (Å²) in [6, 6.07) is 0. The third-order valence-corrected chi connectivity index (χ3v) is 2.30. The summed E-state index contributed by atoms with van der Waals surface area (Å²) in [6.45, 7) is 0. The van der Waals surface area contributed by atoms with Crippen molar-refractivity contribution in [2.24, 2.45) is 293 Å². The molecule has 0 amide bonds. The molecule has 0 aliphatic carbocycles. The summed E-state index contributed by atoms with van der Waals surface area (Å²) in [6.07, 6.45) is 0. The summed E-state index contributed by atoms with van der Waals surface area (Å²) in [7, 11) is 0.803. The van der Waals surface area contributed by atoms with Crippen molar-refractivity contribution in [2.75, 3.05) is 0 Å². The Hall–Kier alpha value is -11.6. The van der Waals surface area contributed by atoms with E-state index in [4.69, 9.17) is 5.26 Å². The molecule has 59 heavy (non-hydrogen) atoms. The number of nitrogens with zero attached hydrogens (tertiary/aromatic N) is 56. The summed E-state index contributed by atoms with van der Waals surface area (Å²) >= 11 is 0. The van der Waals surface area contributed by atoms with Gasteiger partial charge in [0.05, 0.1) is 0 Å². The minimum Gasteiger partial charge on any atom is -0.303 e. The fourth-order valence-corrected chi connectivity index (χ4v) is 1.01. The van der Waals surface area contributed by atoms with E-state index < -0.39 is 0 Å². The van der Waals surface area contributed by atoms with E-state index in [0.717, 1.165) is 7.07 Å². The second-order valence-electron chi connectivity index (χ2n) is 5.23. The van der Waals surface area contributed by atoms with E-state index in [9.17, 15) is 0 Å². The molecule has 0 saturated carbocycles. The molecule has 0 saturated heterocycles. The van der Waals surface area contributed by atoms with Gasteiger partial charge in [0.25, 0.3) is 0 Å². The van der Waals surface area contributed by atoms with Crippen LogP contribution < -0.4 is 5.84 Å². The molecule has 0 spiro atoms. The van der Waals surface area contributed by atoms with Gasteiger partial charge < -0.3 is 5.84 Å². The first-order chi connectivity index (χ1) is 29.4. The summed E-state index contributed by atoms with van der Waals surface area (Å²) in [4.78, 5) is 0. The van der Waals surface area contributed by atoms with E-state index in [0.29, 0.717) is 0 Å². The van der Waals surface area contributed by atoms with E-state index in [1.807, 2.05) is 0 Å². The Labute approximate surface area is 312 Å². The molecule has 0 rings (SSSR count). The number of nitrogens with two attached hydrogens (primary N) is 1. The molecule has 0 aromatic rings. The molecule has 0 aliphatic heterocycles. The normalized spacial score (nSPS) is 15.2. The Morgan fingerprint density at radius 1 is 0.203 bits per heavy atom. The Morgan fingerprint density at radius 3 is 0.441 bits per heavy atom. The smallest absolute Gasteiger partial charge is 0.303 e. The topological polar surface area (TPSA) is 730 Å². The van der Waals surface area contributed by atoms with Gasteiger partial charge in [0.2, 0.25) is 0 Å². The number of rotatable bonds is 27. The molecule has 0 atom stereocenters. The average Bonchev–Trinajstić information content (AvgIpc) is 3.25. The van der Waals surface area contributed by atoms with Crippen LogP contribution in [0.5, 0.6) is 0 Å². The molecule has 0 fully saturated rings. The first-order valence-corrected chi connectivity index (χ1v) is 11.8. The zero-order valence-corrected chi connectivity index (χ0v) is 26.7. The molecule has 0 aliphatic rings. The van der Waals surface area contributed by atoms with Gasteiger partial charge in [-0.05, 0) is 36.6 Å². The van der Waals surface area contributed by atoms with Crippen LogP contribution in [0.2, 0.25) is 0 Å². The number of nitriles is 1. The Bertz CT molecular complexity index is 1990. The van der Waals surface area contributed by atoms with Gasteiger partial charge in [0.15, 0.2) is 0 Å². The second-order valence-corrected chi connectivity index (χ2v) is 5.23. The first kappa shape index (κ1) is 47.4. The van der Waals surface area contributed by atoms with Crippen molar-refractivity contribution in [3.63, 3.8) is 0 Å². The number of hydrogen-bond acceptors (Lipinski definition) is 3. The first-order valence-electron chi connectivity index (χ1n) is 11.8. The summed E-state index contributed by atoms with van der Waals surface area (Å²) in [5, 5.41) is 173. The van der Waals surface area contributed by atoms with Gasteiger partial charge in [-0.15, -0.1) is 0 Å². The number of hydrogen-bond donors (Lipinski definition) is 1. The van der Waals surface area contributed by atoms with E-state index in [-0.39, 0.29) is 0 Å². The quantitative estimate of drug-likeness (QED) is 0.0366. The fraction of sp³-hybridized carbons (Fsp3) is 0. The molecule has 0 bridgehead atoms. The Morgan fingerprint density at radius 2 is 0.322 bits per heavy atom. The molecule has 2 N–H and O–H groups in total. The van der Waals surface area contributed by atoms with Crippen molar-refractivity contribution in [1.82, 2.24) is 0 Å². The molecule has 0 radical (unpaired) electrons. The third-order valence-electron chi connectivity index (χ3n) is 2.30. The van der Waals surface area contributed by atoms with Crippen LogP contribution >= 0.6 is 0 Å². The Kier molecular flexibility index (Phi) is 37.2. The van der Waals surface area contributed by atoms with Crippen LogP contribution in [0.25, 0.3) is 0 Å². The molecular formula is CH2BN57. The summed E-state index contributed by atoms with van der Waals surface area (Å²) in [5.41, 5.74) is 0. The monoisotopic (exact) mass is 823 g/mol. The van der Waals surface area contributed by atoms with E-state index in [1.165, 1.54) is 0 Å². The minimum absolute atomic E-state index is 0.803. The zero-order chi connectivity index (χ0) is 42.3.